The Morgan fingerprint density at radius 2 is 1.70 bits per heavy atom. The van der Waals surface area contributed by atoms with Crippen LogP contribution in [0.2, 0.25) is 0 Å². The van der Waals surface area contributed by atoms with Crippen molar-refractivity contribution < 1.29 is 19.1 Å². The fourth-order valence-electron chi connectivity index (χ4n) is 7.19. The fraction of sp³-hybridized carbons (Fsp3) is 0.486. The van der Waals surface area contributed by atoms with E-state index in [4.69, 9.17) is 9.72 Å². The van der Waals surface area contributed by atoms with E-state index in [1.165, 1.54) is 0 Å². The van der Waals surface area contributed by atoms with Gasteiger partial charge in [0.1, 0.15) is 5.60 Å². The molecule has 7 rings (SSSR count). The molecule has 1 atom stereocenters. The zero-order valence-electron chi connectivity index (χ0n) is 25.4. The van der Waals surface area contributed by atoms with Gasteiger partial charge in [0.15, 0.2) is 0 Å². The molecule has 7 nitrogen and oxygen atoms in total. The van der Waals surface area contributed by atoms with Crippen molar-refractivity contribution in [3.63, 3.8) is 0 Å². The van der Waals surface area contributed by atoms with E-state index in [0.29, 0.717) is 37.7 Å². The number of hydrogen-bond acceptors (Lipinski definition) is 5. The minimum Gasteiger partial charge on any atom is -0.460 e. The standard InChI is InChI=1S/C35H40BrN3O4/c1-21-28(25-19-23(36)13-14-27(25)38-29(21)22-9-6-5-7-10-22)31(41)39-35-17-15-34(16-18-35,32(42)43-33(2,3)4)20-26(35)30(40)37-24-11-8-12-24/h5-7,9-10,13-14,19,24,26H,8,11-12,15-18,20H2,1-4H3,(H,37,40)(H,39,41). The smallest absolute Gasteiger partial charge is 0.312 e. The molecule has 43 heavy (non-hydrogen) atoms. The zero-order chi connectivity index (χ0) is 30.6. The normalized spacial score (nSPS) is 25.2. The van der Waals surface area contributed by atoms with Gasteiger partial charge in [-0.1, -0.05) is 46.3 Å². The van der Waals surface area contributed by atoms with Crippen molar-refractivity contribution in [3.8, 4) is 11.3 Å². The number of carbonyl (C=O) groups is 3. The van der Waals surface area contributed by atoms with Crippen LogP contribution in [0.5, 0.6) is 0 Å². The molecule has 0 radical (unpaired) electrons. The molecule has 4 aliphatic carbocycles. The van der Waals surface area contributed by atoms with Gasteiger partial charge in [0.05, 0.1) is 33.6 Å². The van der Waals surface area contributed by atoms with E-state index in [9.17, 15) is 14.4 Å². The first kappa shape index (κ1) is 29.8. The summed E-state index contributed by atoms with van der Waals surface area (Å²) in [6, 6.07) is 15.8. The molecule has 2 bridgehead atoms. The van der Waals surface area contributed by atoms with Gasteiger partial charge in [-0.05, 0) is 103 Å². The minimum absolute atomic E-state index is 0.0682. The first-order valence-electron chi connectivity index (χ1n) is 15.4. The Hall–Kier alpha value is -3.26. The second-order valence-electron chi connectivity index (χ2n) is 13.8. The van der Waals surface area contributed by atoms with Crippen molar-refractivity contribution in [1.29, 1.82) is 0 Å². The third-order valence-electron chi connectivity index (χ3n) is 9.79. The number of carbonyl (C=O) groups excluding carboxylic acids is 3. The number of pyridine rings is 1. The molecule has 2 amide bonds. The van der Waals surface area contributed by atoms with Crippen LogP contribution in [0.15, 0.2) is 53.0 Å². The van der Waals surface area contributed by atoms with Gasteiger partial charge in [-0.25, -0.2) is 4.98 Å². The van der Waals surface area contributed by atoms with Gasteiger partial charge in [-0.3, -0.25) is 14.4 Å². The molecular weight excluding hydrogens is 606 g/mol. The van der Waals surface area contributed by atoms with Crippen molar-refractivity contribution in [3.05, 3.63) is 64.1 Å². The summed E-state index contributed by atoms with van der Waals surface area (Å²) in [5, 5.41) is 7.41. The van der Waals surface area contributed by atoms with Gasteiger partial charge in [-0.2, -0.15) is 0 Å². The number of esters is 1. The summed E-state index contributed by atoms with van der Waals surface area (Å²) < 4.78 is 6.74. The number of hydrogen-bond donors (Lipinski definition) is 2. The molecular formula is C35H40BrN3O4. The van der Waals surface area contributed by atoms with Crippen LogP contribution in [0.1, 0.15) is 88.1 Å². The van der Waals surface area contributed by atoms with E-state index in [0.717, 1.165) is 51.5 Å². The highest BCUT2D eigenvalue weighted by atomic mass is 79.9. The average molecular weight is 647 g/mol. The Balaban J connectivity index is 1.38. The predicted octanol–water partition coefficient (Wildman–Crippen LogP) is 7.03. The molecule has 0 aliphatic heterocycles. The third-order valence-corrected chi connectivity index (χ3v) is 10.3. The molecule has 2 aromatic carbocycles. The molecule has 3 aromatic rings. The van der Waals surface area contributed by atoms with Crippen molar-refractivity contribution in [2.75, 3.05) is 0 Å². The van der Waals surface area contributed by atoms with Crippen molar-refractivity contribution in [2.24, 2.45) is 11.3 Å². The number of halogens is 1. The number of nitrogens with zero attached hydrogens (tertiary/aromatic N) is 1. The first-order valence-corrected chi connectivity index (χ1v) is 16.2. The monoisotopic (exact) mass is 645 g/mol. The van der Waals surface area contributed by atoms with Crippen LogP contribution in [-0.2, 0) is 14.3 Å². The van der Waals surface area contributed by atoms with E-state index >= 15 is 0 Å². The van der Waals surface area contributed by atoms with E-state index < -0.39 is 22.5 Å². The van der Waals surface area contributed by atoms with Crippen LogP contribution < -0.4 is 10.6 Å². The van der Waals surface area contributed by atoms with E-state index in [1.807, 2.05) is 76.2 Å². The lowest BCUT2D eigenvalue weighted by Gasteiger charge is -2.56. The molecule has 1 unspecified atom stereocenters. The first-order chi connectivity index (χ1) is 20.4. The molecule has 1 heterocycles. The number of amides is 2. The average Bonchev–Trinajstić information content (AvgIpc) is 2.94. The summed E-state index contributed by atoms with van der Waals surface area (Å²) in [6.07, 6.45) is 5.64. The molecule has 8 heteroatoms. The lowest BCUT2D eigenvalue weighted by Crippen LogP contribution is -2.67. The van der Waals surface area contributed by atoms with Gasteiger partial charge >= 0.3 is 5.97 Å². The van der Waals surface area contributed by atoms with E-state index in [2.05, 4.69) is 26.6 Å². The predicted molar refractivity (Wildman–Crippen MR) is 170 cm³/mol. The highest BCUT2D eigenvalue weighted by Gasteiger charge is 2.61. The summed E-state index contributed by atoms with van der Waals surface area (Å²) in [5.41, 5.74) is 1.69. The summed E-state index contributed by atoms with van der Waals surface area (Å²) >= 11 is 3.58. The summed E-state index contributed by atoms with van der Waals surface area (Å²) in [6.45, 7) is 7.57. The molecule has 2 N–H and O–H groups in total. The topological polar surface area (TPSA) is 97.4 Å². The highest BCUT2D eigenvalue weighted by Crippen LogP contribution is 2.56. The fourth-order valence-corrected chi connectivity index (χ4v) is 7.55. The molecule has 226 valence electrons. The van der Waals surface area contributed by atoms with Crippen LogP contribution in [0.3, 0.4) is 0 Å². The van der Waals surface area contributed by atoms with Crippen LogP contribution in [-0.4, -0.2) is 39.9 Å². The Morgan fingerprint density at radius 1 is 1.00 bits per heavy atom. The Labute approximate surface area is 261 Å². The quantitative estimate of drug-likeness (QED) is 0.281. The summed E-state index contributed by atoms with van der Waals surface area (Å²) in [5.74, 6) is -1.04. The SMILES string of the molecule is Cc1c(-c2ccccc2)nc2ccc(Br)cc2c1C(=O)NC12CCC(C(=O)OC(C)(C)C)(CC1)CC2C(=O)NC1CCC1. The maximum Gasteiger partial charge on any atom is 0.312 e. The molecule has 0 saturated heterocycles. The van der Waals surface area contributed by atoms with Crippen molar-refractivity contribution in [2.45, 2.75) is 96.2 Å². The van der Waals surface area contributed by atoms with Crippen LogP contribution in [0.4, 0.5) is 0 Å². The molecule has 1 aromatic heterocycles. The molecule has 4 aliphatic rings. The second kappa shape index (κ2) is 11.0. The zero-order valence-corrected chi connectivity index (χ0v) is 27.0. The molecule has 4 fully saturated rings. The lowest BCUT2D eigenvalue weighted by molar-refractivity contribution is -0.179. The van der Waals surface area contributed by atoms with Gasteiger partial charge < -0.3 is 15.4 Å². The number of aromatic nitrogens is 1. The number of rotatable bonds is 6. The highest BCUT2D eigenvalue weighted by molar-refractivity contribution is 9.10. The van der Waals surface area contributed by atoms with Crippen molar-refractivity contribution in [1.82, 2.24) is 15.6 Å². The van der Waals surface area contributed by atoms with Gasteiger partial charge in [0, 0.05) is 21.5 Å². The third kappa shape index (κ3) is 5.59. The number of nitrogens with one attached hydrogen (secondary N) is 2. The van der Waals surface area contributed by atoms with Crippen LogP contribution >= 0.6 is 15.9 Å². The van der Waals surface area contributed by atoms with Gasteiger partial charge in [0.2, 0.25) is 5.91 Å². The largest absolute Gasteiger partial charge is 0.460 e. The molecule has 4 saturated carbocycles. The van der Waals surface area contributed by atoms with Crippen LogP contribution in [0.25, 0.3) is 22.2 Å². The van der Waals surface area contributed by atoms with Crippen molar-refractivity contribution >= 4 is 44.6 Å². The number of ether oxygens (including phenoxy) is 1. The van der Waals surface area contributed by atoms with Crippen LogP contribution in [0, 0.1) is 18.3 Å². The number of fused-ring (bicyclic) bond motifs is 4. The van der Waals surface area contributed by atoms with E-state index in [1.54, 1.807) is 0 Å². The summed E-state index contributed by atoms with van der Waals surface area (Å²) in [7, 11) is 0. The summed E-state index contributed by atoms with van der Waals surface area (Å²) in [4.78, 5) is 46.9. The Kier molecular flexibility index (Phi) is 7.64. The number of benzene rings is 2. The van der Waals surface area contributed by atoms with E-state index in [-0.39, 0.29) is 23.8 Å². The van der Waals surface area contributed by atoms with Gasteiger partial charge in [-0.15, -0.1) is 0 Å². The minimum atomic E-state index is -0.754. The Bertz CT molecular complexity index is 1580. The van der Waals surface area contributed by atoms with Gasteiger partial charge in [0.25, 0.3) is 5.91 Å². The Morgan fingerprint density at radius 3 is 2.33 bits per heavy atom. The maximum absolute atomic E-state index is 14.5. The lowest BCUT2D eigenvalue weighted by atomic mass is 9.52. The maximum atomic E-state index is 14.5. The second-order valence-corrected chi connectivity index (χ2v) is 14.7. The molecule has 0 spiro atoms.